The average molecular weight is 394 g/mol. The van der Waals surface area contributed by atoms with Gasteiger partial charge in [-0.05, 0) is 25.0 Å². The van der Waals surface area contributed by atoms with Crippen molar-refractivity contribution in [2.75, 3.05) is 7.11 Å². The molecule has 0 aliphatic carbocycles. The highest BCUT2D eigenvalue weighted by atomic mass is 16.6. The van der Waals surface area contributed by atoms with Crippen molar-refractivity contribution < 1.29 is 19.2 Å². The van der Waals surface area contributed by atoms with Crippen molar-refractivity contribution in [1.29, 1.82) is 0 Å². The molecule has 1 aliphatic heterocycles. The summed E-state index contributed by atoms with van der Waals surface area (Å²) in [5, 5.41) is 11.0. The van der Waals surface area contributed by atoms with E-state index in [1.165, 1.54) is 24.1 Å². The van der Waals surface area contributed by atoms with Crippen LogP contribution in [0, 0.1) is 17.0 Å². The molecule has 150 valence electrons. The van der Waals surface area contributed by atoms with E-state index in [0.717, 1.165) is 11.1 Å². The van der Waals surface area contributed by atoms with Gasteiger partial charge in [0.15, 0.2) is 0 Å². The number of carbonyl (C=O) groups is 2. The Hall–Kier alpha value is -3.48. The lowest BCUT2D eigenvalue weighted by atomic mass is 9.83. The van der Waals surface area contributed by atoms with Gasteiger partial charge in [-0.15, -0.1) is 0 Å². The minimum absolute atomic E-state index is 0.0422. The van der Waals surface area contributed by atoms with Crippen LogP contribution in [0.25, 0.3) is 0 Å². The molecule has 0 saturated carbocycles. The number of aryl methyl sites for hydroxylation is 1. The molecule has 1 amide bonds. The Morgan fingerprint density at radius 1 is 1.21 bits per heavy atom. The van der Waals surface area contributed by atoms with Gasteiger partial charge in [-0.2, -0.15) is 0 Å². The second-order valence-corrected chi connectivity index (χ2v) is 7.07. The van der Waals surface area contributed by atoms with Crippen molar-refractivity contribution in [3.63, 3.8) is 0 Å². The maximum absolute atomic E-state index is 13.0. The Bertz CT molecular complexity index is 1010. The minimum Gasteiger partial charge on any atom is -0.466 e. The van der Waals surface area contributed by atoms with Crippen LogP contribution in [-0.4, -0.2) is 28.8 Å². The van der Waals surface area contributed by atoms with E-state index in [-0.39, 0.29) is 24.6 Å². The van der Waals surface area contributed by atoms with Gasteiger partial charge in [-0.1, -0.05) is 42.0 Å². The van der Waals surface area contributed by atoms with Crippen LogP contribution in [0.1, 0.15) is 36.0 Å². The number of ether oxygens (including phenoxy) is 1. The normalized spacial score (nSPS) is 16.7. The zero-order valence-electron chi connectivity index (χ0n) is 16.5. The number of hydrogen-bond acceptors (Lipinski definition) is 5. The van der Waals surface area contributed by atoms with Crippen LogP contribution < -0.4 is 0 Å². The van der Waals surface area contributed by atoms with E-state index in [1.54, 1.807) is 19.1 Å². The molecular weight excluding hydrogens is 372 g/mol. The lowest BCUT2D eigenvalue weighted by Crippen LogP contribution is -2.38. The molecule has 0 bridgehead atoms. The van der Waals surface area contributed by atoms with E-state index in [4.69, 9.17) is 4.74 Å². The van der Waals surface area contributed by atoms with Crippen LogP contribution in [0.2, 0.25) is 0 Å². The van der Waals surface area contributed by atoms with Crippen LogP contribution in [0.4, 0.5) is 5.69 Å². The van der Waals surface area contributed by atoms with Crippen LogP contribution in [0.15, 0.2) is 59.8 Å². The number of carbonyl (C=O) groups excluding carboxylic acids is 2. The maximum atomic E-state index is 13.0. The molecule has 0 unspecified atom stereocenters. The van der Waals surface area contributed by atoms with Crippen molar-refractivity contribution in [2.45, 2.75) is 32.7 Å². The van der Waals surface area contributed by atoms with Gasteiger partial charge in [0.1, 0.15) is 0 Å². The molecule has 0 spiro atoms. The van der Waals surface area contributed by atoms with Crippen molar-refractivity contribution in [2.24, 2.45) is 0 Å². The number of amides is 1. The predicted octanol–water partition coefficient (Wildman–Crippen LogP) is 3.87. The summed E-state index contributed by atoms with van der Waals surface area (Å²) in [5.74, 6) is -1.02. The summed E-state index contributed by atoms with van der Waals surface area (Å²) in [4.78, 5) is 37.6. The van der Waals surface area contributed by atoms with E-state index in [1.807, 2.05) is 31.2 Å². The van der Waals surface area contributed by atoms with Gasteiger partial charge in [-0.25, -0.2) is 4.79 Å². The molecule has 2 aromatic rings. The quantitative estimate of drug-likeness (QED) is 0.436. The second kappa shape index (κ2) is 8.26. The smallest absolute Gasteiger partial charge is 0.336 e. The molecule has 0 N–H and O–H groups in total. The first kappa shape index (κ1) is 20.3. The molecule has 1 atom stereocenters. The average Bonchev–Trinajstić information content (AvgIpc) is 2.70. The zero-order valence-corrected chi connectivity index (χ0v) is 16.5. The number of allylic oxidation sites excluding steroid dienone is 1. The highest BCUT2D eigenvalue weighted by Gasteiger charge is 2.36. The summed E-state index contributed by atoms with van der Waals surface area (Å²) in [6.45, 7) is 3.81. The molecule has 7 heteroatoms. The van der Waals surface area contributed by atoms with Crippen molar-refractivity contribution >= 4 is 17.6 Å². The molecule has 29 heavy (non-hydrogen) atoms. The maximum Gasteiger partial charge on any atom is 0.336 e. The number of nitro benzene ring substituents is 1. The fraction of sp³-hybridized carbons (Fsp3) is 0.273. The number of hydrogen-bond donors (Lipinski definition) is 0. The standard InChI is InChI=1S/C22H22N2O5/c1-14-6-4-8-17(10-14)19-12-20(25)23(15(2)21(19)22(26)29-3)13-16-7-5-9-18(11-16)24(27)28/h4-11,19H,12-13H2,1-3H3/t19-/m0/s1. The fourth-order valence-corrected chi connectivity index (χ4v) is 3.70. The number of non-ortho nitro benzene ring substituents is 1. The van der Waals surface area contributed by atoms with Gasteiger partial charge >= 0.3 is 5.97 Å². The van der Waals surface area contributed by atoms with Gasteiger partial charge in [0.2, 0.25) is 5.91 Å². The highest BCUT2D eigenvalue weighted by molar-refractivity contribution is 5.95. The van der Waals surface area contributed by atoms with E-state index in [0.29, 0.717) is 16.8 Å². The van der Waals surface area contributed by atoms with Crippen molar-refractivity contribution in [1.82, 2.24) is 4.90 Å². The summed E-state index contributed by atoms with van der Waals surface area (Å²) in [7, 11) is 1.32. The predicted molar refractivity (Wildman–Crippen MR) is 107 cm³/mol. The third-order valence-electron chi connectivity index (χ3n) is 5.13. The number of nitrogens with zero attached hydrogens (tertiary/aromatic N) is 2. The molecule has 2 aromatic carbocycles. The molecule has 0 aromatic heterocycles. The Morgan fingerprint density at radius 3 is 2.59 bits per heavy atom. The molecule has 0 fully saturated rings. The first-order valence-corrected chi connectivity index (χ1v) is 9.21. The summed E-state index contributed by atoms with van der Waals surface area (Å²) < 4.78 is 5.00. The summed E-state index contributed by atoms with van der Waals surface area (Å²) >= 11 is 0. The van der Waals surface area contributed by atoms with Gasteiger partial charge in [0.05, 0.1) is 24.2 Å². The SMILES string of the molecule is COC(=O)C1=C(C)N(Cc2cccc([N+](=O)[O-])c2)C(=O)C[C@H]1c1cccc(C)c1. The first-order chi connectivity index (χ1) is 13.8. The van der Waals surface area contributed by atoms with Crippen LogP contribution in [0.3, 0.4) is 0 Å². The Balaban J connectivity index is 2.02. The Morgan fingerprint density at radius 2 is 1.93 bits per heavy atom. The number of benzene rings is 2. The Labute approximate surface area is 168 Å². The van der Waals surface area contributed by atoms with Gasteiger partial charge < -0.3 is 9.64 Å². The molecule has 1 heterocycles. The monoisotopic (exact) mass is 394 g/mol. The fourth-order valence-electron chi connectivity index (χ4n) is 3.70. The number of rotatable bonds is 5. The molecule has 0 radical (unpaired) electrons. The van der Waals surface area contributed by atoms with Gasteiger partial charge in [-0.3, -0.25) is 14.9 Å². The van der Waals surface area contributed by atoms with E-state index < -0.39 is 16.8 Å². The summed E-state index contributed by atoms with van der Waals surface area (Å²) in [6, 6.07) is 13.9. The third kappa shape index (κ3) is 4.18. The van der Waals surface area contributed by atoms with Crippen molar-refractivity contribution in [3.05, 3.63) is 86.6 Å². The third-order valence-corrected chi connectivity index (χ3v) is 5.13. The van der Waals surface area contributed by atoms with E-state index in [2.05, 4.69) is 0 Å². The van der Waals surface area contributed by atoms with Crippen LogP contribution >= 0.6 is 0 Å². The molecule has 1 aliphatic rings. The summed E-state index contributed by atoms with van der Waals surface area (Å²) in [5.41, 5.74) is 3.43. The van der Waals surface area contributed by atoms with Crippen molar-refractivity contribution in [3.8, 4) is 0 Å². The molecule has 0 saturated heterocycles. The second-order valence-electron chi connectivity index (χ2n) is 7.07. The van der Waals surface area contributed by atoms with Crippen LogP contribution in [0.5, 0.6) is 0 Å². The Kier molecular flexibility index (Phi) is 5.77. The largest absolute Gasteiger partial charge is 0.466 e. The van der Waals surface area contributed by atoms with Gasteiger partial charge in [0.25, 0.3) is 5.69 Å². The number of esters is 1. The molecule has 7 nitrogen and oxygen atoms in total. The lowest BCUT2D eigenvalue weighted by Gasteiger charge is -2.34. The minimum atomic E-state index is -0.481. The topological polar surface area (TPSA) is 89.8 Å². The number of nitro groups is 1. The van der Waals surface area contributed by atoms with E-state index >= 15 is 0 Å². The lowest BCUT2D eigenvalue weighted by molar-refractivity contribution is -0.384. The first-order valence-electron chi connectivity index (χ1n) is 9.21. The number of methoxy groups -OCH3 is 1. The molecular formula is C22H22N2O5. The van der Waals surface area contributed by atoms with E-state index in [9.17, 15) is 19.7 Å². The van der Waals surface area contributed by atoms with Gasteiger partial charge in [0, 0.05) is 30.2 Å². The highest BCUT2D eigenvalue weighted by Crippen LogP contribution is 2.38. The summed E-state index contributed by atoms with van der Waals surface area (Å²) in [6.07, 6.45) is 0.125. The molecule has 3 rings (SSSR count). The van der Waals surface area contributed by atoms with Crippen LogP contribution in [-0.2, 0) is 20.9 Å². The zero-order chi connectivity index (χ0) is 21.1.